The Hall–Kier alpha value is -3.64. The molecule has 0 aliphatic carbocycles. The molecule has 0 fully saturated rings. The highest BCUT2D eigenvalue weighted by Gasteiger charge is 2.33. The smallest absolute Gasteiger partial charge is 0.231 e. The first-order chi connectivity index (χ1) is 16.0. The predicted molar refractivity (Wildman–Crippen MR) is 126 cm³/mol. The minimum Gasteiger partial charge on any atom is -0.478 e. The van der Waals surface area contributed by atoms with Crippen LogP contribution in [-0.4, -0.2) is 38.1 Å². The average molecular weight is 445 g/mol. The van der Waals surface area contributed by atoms with E-state index in [4.69, 9.17) is 9.47 Å². The van der Waals surface area contributed by atoms with Crippen LogP contribution < -0.4 is 14.4 Å². The Morgan fingerprint density at radius 3 is 2.52 bits per heavy atom. The van der Waals surface area contributed by atoms with E-state index in [9.17, 15) is 9.18 Å². The zero-order valence-electron chi connectivity index (χ0n) is 18.7. The van der Waals surface area contributed by atoms with E-state index >= 15 is 0 Å². The van der Waals surface area contributed by atoms with Crippen molar-refractivity contribution in [2.24, 2.45) is 0 Å². The number of halogens is 1. The van der Waals surface area contributed by atoms with Gasteiger partial charge in [0.2, 0.25) is 5.78 Å². The van der Waals surface area contributed by atoms with Gasteiger partial charge in [0.05, 0.1) is 11.1 Å². The van der Waals surface area contributed by atoms with E-state index < -0.39 is 0 Å². The first-order valence-corrected chi connectivity index (χ1v) is 10.9. The second-order valence-electron chi connectivity index (χ2n) is 8.55. The van der Waals surface area contributed by atoms with Gasteiger partial charge in [0.1, 0.15) is 24.0 Å². The molecule has 0 unspecified atom stereocenters. The van der Waals surface area contributed by atoms with Gasteiger partial charge in [-0.25, -0.2) is 4.39 Å². The van der Waals surface area contributed by atoms with Gasteiger partial charge in [0.25, 0.3) is 0 Å². The third kappa shape index (κ3) is 4.34. The van der Waals surface area contributed by atoms with Crippen molar-refractivity contribution in [2.75, 3.05) is 32.3 Å². The van der Waals surface area contributed by atoms with Crippen LogP contribution in [0, 0.1) is 5.82 Å². The van der Waals surface area contributed by atoms with E-state index in [0.717, 1.165) is 41.1 Å². The summed E-state index contributed by atoms with van der Waals surface area (Å²) in [6.45, 7) is 1.84. The summed E-state index contributed by atoms with van der Waals surface area (Å²) in [5.74, 6) is 1.30. The van der Waals surface area contributed by atoms with E-state index in [1.807, 2.05) is 49.3 Å². The lowest BCUT2D eigenvalue weighted by Crippen LogP contribution is -2.33. The van der Waals surface area contributed by atoms with Gasteiger partial charge in [0.15, 0.2) is 5.76 Å². The third-order valence-electron chi connectivity index (χ3n) is 6.02. The van der Waals surface area contributed by atoms with Crippen LogP contribution in [0.1, 0.15) is 27.0 Å². The minimum atomic E-state index is -0.233. The standard InChI is InChI=1S/C27H25FN2O3/c1-29(2)21-9-5-19(6-10-21)15-25-26(31)22-11-12-24-23(27(22)33-25)16-30(17-32-24)14-13-18-3-7-20(28)8-4-18/h3-12,15H,13-14,16-17H2,1-2H3/b25-15-. The molecule has 168 valence electrons. The predicted octanol–water partition coefficient (Wildman–Crippen LogP) is 4.90. The molecule has 0 N–H and O–H groups in total. The Kier molecular flexibility index (Phi) is 5.60. The monoisotopic (exact) mass is 444 g/mol. The molecule has 33 heavy (non-hydrogen) atoms. The molecule has 2 aliphatic rings. The van der Waals surface area contributed by atoms with Gasteiger partial charge in [-0.2, -0.15) is 0 Å². The molecule has 0 radical (unpaired) electrons. The highest BCUT2D eigenvalue weighted by Crippen LogP contribution is 2.42. The van der Waals surface area contributed by atoms with Crippen molar-refractivity contribution in [1.29, 1.82) is 0 Å². The van der Waals surface area contributed by atoms with Crippen LogP contribution in [0.25, 0.3) is 6.08 Å². The fourth-order valence-electron chi connectivity index (χ4n) is 4.11. The summed E-state index contributed by atoms with van der Waals surface area (Å²) >= 11 is 0. The highest BCUT2D eigenvalue weighted by atomic mass is 19.1. The topological polar surface area (TPSA) is 42.0 Å². The van der Waals surface area contributed by atoms with Crippen molar-refractivity contribution in [1.82, 2.24) is 4.90 Å². The Bertz CT molecular complexity index is 1220. The van der Waals surface area contributed by atoms with Crippen LogP contribution in [0.4, 0.5) is 10.1 Å². The largest absolute Gasteiger partial charge is 0.478 e. The summed E-state index contributed by atoms with van der Waals surface area (Å²) in [4.78, 5) is 17.2. The van der Waals surface area contributed by atoms with Gasteiger partial charge in [-0.15, -0.1) is 0 Å². The molecule has 5 rings (SSSR count). The van der Waals surface area contributed by atoms with Crippen molar-refractivity contribution in [2.45, 2.75) is 13.0 Å². The number of hydrogen-bond acceptors (Lipinski definition) is 5. The summed E-state index contributed by atoms with van der Waals surface area (Å²) in [6, 6.07) is 18.1. The fourth-order valence-corrected chi connectivity index (χ4v) is 4.11. The third-order valence-corrected chi connectivity index (χ3v) is 6.02. The minimum absolute atomic E-state index is 0.118. The molecule has 0 aromatic heterocycles. The molecule has 0 amide bonds. The summed E-state index contributed by atoms with van der Waals surface area (Å²) in [6.07, 6.45) is 2.56. The zero-order valence-corrected chi connectivity index (χ0v) is 18.7. The van der Waals surface area contributed by atoms with Gasteiger partial charge in [-0.1, -0.05) is 24.3 Å². The van der Waals surface area contributed by atoms with E-state index in [1.54, 1.807) is 24.3 Å². The van der Waals surface area contributed by atoms with Crippen LogP contribution >= 0.6 is 0 Å². The maximum Gasteiger partial charge on any atom is 0.231 e. The van der Waals surface area contributed by atoms with Crippen LogP contribution in [0.2, 0.25) is 0 Å². The molecule has 0 saturated heterocycles. The van der Waals surface area contributed by atoms with Crippen LogP contribution in [0.5, 0.6) is 11.5 Å². The molecule has 3 aromatic rings. The van der Waals surface area contributed by atoms with Crippen molar-refractivity contribution in [3.05, 3.63) is 94.5 Å². The Morgan fingerprint density at radius 2 is 1.79 bits per heavy atom. The lowest BCUT2D eigenvalue weighted by Gasteiger charge is -2.29. The Balaban J connectivity index is 1.33. The number of anilines is 1. The van der Waals surface area contributed by atoms with Crippen molar-refractivity contribution in [3.63, 3.8) is 0 Å². The van der Waals surface area contributed by atoms with Crippen LogP contribution in [0.3, 0.4) is 0 Å². The van der Waals surface area contributed by atoms with E-state index in [0.29, 0.717) is 30.3 Å². The van der Waals surface area contributed by atoms with Gasteiger partial charge in [0, 0.05) is 32.9 Å². The number of ether oxygens (including phenoxy) is 2. The molecule has 3 aromatic carbocycles. The number of ketones is 1. The van der Waals surface area contributed by atoms with Crippen molar-refractivity contribution in [3.8, 4) is 11.5 Å². The molecule has 5 nitrogen and oxygen atoms in total. The summed E-state index contributed by atoms with van der Waals surface area (Å²) in [7, 11) is 3.98. The molecule has 2 aliphatic heterocycles. The van der Waals surface area contributed by atoms with E-state index in [-0.39, 0.29) is 11.6 Å². The molecular formula is C27H25FN2O3. The molecule has 6 heteroatoms. The fraction of sp³-hybridized carbons (Fsp3) is 0.222. The lowest BCUT2D eigenvalue weighted by molar-refractivity contribution is 0.0949. The van der Waals surface area contributed by atoms with Gasteiger partial charge >= 0.3 is 0 Å². The molecule has 2 heterocycles. The molecular weight excluding hydrogens is 419 g/mol. The lowest BCUT2D eigenvalue weighted by atomic mass is 10.0. The number of rotatable bonds is 5. The van der Waals surface area contributed by atoms with Crippen molar-refractivity contribution < 1.29 is 18.7 Å². The van der Waals surface area contributed by atoms with E-state index in [1.165, 1.54) is 12.1 Å². The summed E-state index contributed by atoms with van der Waals surface area (Å²) < 4.78 is 25.2. The first-order valence-electron chi connectivity index (χ1n) is 10.9. The number of allylic oxidation sites excluding steroid dienone is 1. The number of Topliss-reactive ketones (excluding diaryl/α,β-unsaturated/α-hetero) is 1. The molecule has 0 atom stereocenters. The molecule has 0 saturated carbocycles. The SMILES string of the molecule is CN(C)c1ccc(/C=C2\Oc3c(ccc4c3CN(CCc3ccc(F)cc3)CO4)C2=O)cc1. The first kappa shape index (κ1) is 21.2. The summed E-state index contributed by atoms with van der Waals surface area (Å²) in [5, 5.41) is 0. The number of fused-ring (bicyclic) bond motifs is 3. The van der Waals surface area contributed by atoms with Gasteiger partial charge in [-0.3, -0.25) is 9.69 Å². The zero-order chi connectivity index (χ0) is 22.9. The van der Waals surface area contributed by atoms with Crippen LogP contribution in [0.15, 0.2) is 66.4 Å². The second kappa shape index (κ2) is 8.71. The van der Waals surface area contributed by atoms with E-state index in [2.05, 4.69) is 4.90 Å². The molecule has 0 bridgehead atoms. The summed E-state index contributed by atoms with van der Waals surface area (Å²) in [5.41, 5.74) is 4.51. The number of carbonyl (C=O) groups is 1. The number of nitrogens with zero attached hydrogens (tertiary/aromatic N) is 2. The van der Waals surface area contributed by atoms with Gasteiger partial charge in [-0.05, 0) is 60.0 Å². The average Bonchev–Trinajstić information content (AvgIpc) is 3.14. The highest BCUT2D eigenvalue weighted by molar-refractivity contribution is 6.15. The maximum atomic E-state index is 13.1. The number of hydrogen-bond donors (Lipinski definition) is 0. The normalized spacial score (nSPS) is 16.2. The Morgan fingerprint density at radius 1 is 1.03 bits per heavy atom. The van der Waals surface area contributed by atoms with Crippen molar-refractivity contribution >= 4 is 17.5 Å². The Labute approximate surface area is 192 Å². The second-order valence-corrected chi connectivity index (χ2v) is 8.55. The number of benzene rings is 3. The quantitative estimate of drug-likeness (QED) is 0.524. The number of carbonyl (C=O) groups excluding carboxylic acids is 1. The van der Waals surface area contributed by atoms with Gasteiger partial charge < -0.3 is 14.4 Å². The van der Waals surface area contributed by atoms with Crippen LogP contribution in [-0.2, 0) is 13.0 Å². The maximum absolute atomic E-state index is 13.1. The molecule has 0 spiro atoms.